The van der Waals surface area contributed by atoms with Crippen LogP contribution in [0.25, 0.3) is 0 Å². The molecule has 0 fully saturated rings. The van der Waals surface area contributed by atoms with Crippen LogP contribution < -0.4 is 10.5 Å². The van der Waals surface area contributed by atoms with E-state index in [1.54, 1.807) is 7.11 Å². The van der Waals surface area contributed by atoms with Gasteiger partial charge in [0.2, 0.25) is 0 Å². The molecule has 0 saturated carbocycles. The number of fused-ring (bicyclic) bond motifs is 1. The zero-order chi connectivity index (χ0) is 11.4. The number of hydrogen-bond donors (Lipinski definition) is 1. The summed E-state index contributed by atoms with van der Waals surface area (Å²) in [6.45, 7) is 0.785. The SMILES string of the molecule is COc1c(CCCCN)ccc2c1CCC2. The van der Waals surface area contributed by atoms with Crippen molar-refractivity contribution in [3.8, 4) is 5.75 Å². The molecule has 0 radical (unpaired) electrons. The normalized spacial score (nSPS) is 13.9. The highest BCUT2D eigenvalue weighted by Crippen LogP contribution is 2.34. The summed E-state index contributed by atoms with van der Waals surface area (Å²) >= 11 is 0. The fourth-order valence-corrected chi connectivity index (χ4v) is 2.59. The third kappa shape index (κ3) is 2.22. The number of aryl methyl sites for hydroxylation is 2. The van der Waals surface area contributed by atoms with E-state index in [9.17, 15) is 0 Å². The molecule has 1 aliphatic rings. The van der Waals surface area contributed by atoms with Crippen molar-refractivity contribution in [1.82, 2.24) is 0 Å². The van der Waals surface area contributed by atoms with Crippen molar-refractivity contribution in [3.63, 3.8) is 0 Å². The van der Waals surface area contributed by atoms with E-state index in [2.05, 4.69) is 12.1 Å². The van der Waals surface area contributed by atoms with Crippen LogP contribution in [0.1, 0.15) is 36.0 Å². The van der Waals surface area contributed by atoms with Crippen molar-refractivity contribution in [1.29, 1.82) is 0 Å². The standard InChI is InChI=1S/C14H21NO/c1-16-14-12(5-2-3-10-15)9-8-11-6-4-7-13(11)14/h8-9H,2-7,10,15H2,1H3. The van der Waals surface area contributed by atoms with Crippen LogP contribution in [0.4, 0.5) is 0 Å². The molecule has 1 aliphatic carbocycles. The zero-order valence-corrected chi connectivity index (χ0v) is 10.1. The third-order valence-corrected chi connectivity index (χ3v) is 3.42. The highest BCUT2D eigenvalue weighted by atomic mass is 16.5. The summed E-state index contributed by atoms with van der Waals surface area (Å²) in [6, 6.07) is 4.52. The Balaban J connectivity index is 2.18. The number of rotatable bonds is 5. The topological polar surface area (TPSA) is 35.2 Å². The van der Waals surface area contributed by atoms with Gasteiger partial charge in [-0.1, -0.05) is 12.1 Å². The Kier molecular flexibility index (Phi) is 3.83. The lowest BCUT2D eigenvalue weighted by atomic mass is 10.0. The molecule has 0 amide bonds. The Hall–Kier alpha value is -1.02. The van der Waals surface area contributed by atoms with Gasteiger partial charge in [0.1, 0.15) is 5.75 Å². The number of hydrogen-bond acceptors (Lipinski definition) is 2. The second-order valence-electron chi connectivity index (χ2n) is 4.49. The Morgan fingerprint density at radius 3 is 2.88 bits per heavy atom. The predicted molar refractivity (Wildman–Crippen MR) is 67.0 cm³/mol. The first-order valence-corrected chi connectivity index (χ1v) is 6.24. The molecule has 2 N–H and O–H groups in total. The number of methoxy groups -OCH3 is 1. The Morgan fingerprint density at radius 2 is 2.12 bits per heavy atom. The van der Waals surface area contributed by atoms with Crippen LogP contribution in [0.5, 0.6) is 5.75 Å². The minimum Gasteiger partial charge on any atom is -0.496 e. The van der Waals surface area contributed by atoms with Crippen LogP contribution in [-0.4, -0.2) is 13.7 Å². The van der Waals surface area contributed by atoms with Gasteiger partial charge in [0.15, 0.2) is 0 Å². The van der Waals surface area contributed by atoms with Crippen molar-refractivity contribution < 1.29 is 4.74 Å². The fourth-order valence-electron chi connectivity index (χ4n) is 2.59. The maximum absolute atomic E-state index is 5.59. The molecular weight excluding hydrogens is 198 g/mol. The first-order valence-electron chi connectivity index (χ1n) is 6.24. The molecule has 0 aromatic heterocycles. The van der Waals surface area contributed by atoms with Crippen molar-refractivity contribution in [2.24, 2.45) is 5.73 Å². The summed E-state index contributed by atoms with van der Waals surface area (Å²) in [5, 5.41) is 0. The van der Waals surface area contributed by atoms with Crippen LogP contribution >= 0.6 is 0 Å². The summed E-state index contributed by atoms with van der Waals surface area (Å²) in [4.78, 5) is 0. The summed E-state index contributed by atoms with van der Waals surface area (Å²) in [5.74, 6) is 1.15. The largest absolute Gasteiger partial charge is 0.496 e. The molecule has 16 heavy (non-hydrogen) atoms. The lowest BCUT2D eigenvalue weighted by Gasteiger charge is -2.13. The lowest BCUT2D eigenvalue weighted by molar-refractivity contribution is 0.404. The molecule has 88 valence electrons. The van der Waals surface area contributed by atoms with E-state index < -0.39 is 0 Å². The van der Waals surface area contributed by atoms with Crippen LogP contribution in [-0.2, 0) is 19.3 Å². The van der Waals surface area contributed by atoms with Gasteiger partial charge in [0.05, 0.1) is 7.11 Å². The van der Waals surface area contributed by atoms with Gasteiger partial charge in [-0.05, 0) is 61.8 Å². The molecule has 0 saturated heterocycles. The maximum Gasteiger partial charge on any atom is 0.125 e. The van der Waals surface area contributed by atoms with E-state index in [0.29, 0.717) is 0 Å². The minimum absolute atomic E-state index is 0.785. The minimum atomic E-state index is 0.785. The van der Waals surface area contributed by atoms with Crippen LogP contribution in [0.15, 0.2) is 12.1 Å². The van der Waals surface area contributed by atoms with E-state index in [1.807, 2.05) is 0 Å². The van der Waals surface area contributed by atoms with Gasteiger partial charge >= 0.3 is 0 Å². The van der Waals surface area contributed by atoms with Crippen molar-refractivity contribution in [2.75, 3.05) is 13.7 Å². The first kappa shape index (κ1) is 11.5. The Labute approximate surface area is 97.8 Å². The lowest BCUT2D eigenvalue weighted by Crippen LogP contribution is -2.01. The van der Waals surface area contributed by atoms with Gasteiger partial charge in [0.25, 0.3) is 0 Å². The Bertz CT molecular complexity index is 360. The van der Waals surface area contributed by atoms with Gasteiger partial charge < -0.3 is 10.5 Å². The molecule has 2 nitrogen and oxygen atoms in total. The number of unbranched alkanes of at least 4 members (excludes halogenated alkanes) is 1. The summed E-state index contributed by atoms with van der Waals surface area (Å²) < 4.78 is 5.59. The molecule has 2 rings (SSSR count). The molecule has 0 atom stereocenters. The molecule has 0 aliphatic heterocycles. The smallest absolute Gasteiger partial charge is 0.125 e. The van der Waals surface area contributed by atoms with Crippen molar-refractivity contribution in [3.05, 3.63) is 28.8 Å². The van der Waals surface area contributed by atoms with E-state index in [4.69, 9.17) is 10.5 Å². The summed E-state index contributed by atoms with van der Waals surface area (Å²) in [7, 11) is 1.79. The molecule has 1 aromatic carbocycles. The van der Waals surface area contributed by atoms with E-state index in [1.165, 1.54) is 36.0 Å². The second-order valence-corrected chi connectivity index (χ2v) is 4.49. The van der Waals surface area contributed by atoms with E-state index >= 15 is 0 Å². The van der Waals surface area contributed by atoms with Gasteiger partial charge in [-0.15, -0.1) is 0 Å². The highest BCUT2D eigenvalue weighted by molar-refractivity contribution is 5.48. The fraction of sp³-hybridized carbons (Fsp3) is 0.571. The quantitative estimate of drug-likeness (QED) is 0.772. The molecule has 0 heterocycles. The highest BCUT2D eigenvalue weighted by Gasteiger charge is 2.17. The number of nitrogens with two attached hydrogens (primary N) is 1. The molecule has 0 bridgehead atoms. The van der Waals surface area contributed by atoms with Crippen molar-refractivity contribution in [2.45, 2.75) is 38.5 Å². The first-order chi connectivity index (χ1) is 7.86. The monoisotopic (exact) mass is 219 g/mol. The average Bonchev–Trinajstić information content (AvgIpc) is 2.77. The zero-order valence-electron chi connectivity index (χ0n) is 10.1. The second kappa shape index (κ2) is 5.35. The van der Waals surface area contributed by atoms with E-state index in [0.717, 1.165) is 31.6 Å². The van der Waals surface area contributed by atoms with Crippen LogP contribution in [0, 0.1) is 0 Å². The van der Waals surface area contributed by atoms with Crippen LogP contribution in [0.3, 0.4) is 0 Å². The molecule has 1 aromatic rings. The molecule has 2 heteroatoms. The number of benzene rings is 1. The summed E-state index contributed by atoms with van der Waals surface area (Å²) in [6.07, 6.45) is 7.02. The van der Waals surface area contributed by atoms with Gasteiger partial charge in [-0.3, -0.25) is 0 Å². The Morgan fingerprint density at radius 1 is 1.25 bits per heavy atom. The number of ether oxygens (including phenoxy) is 1. The predicted octanol–water partition coefficient (Wildman–Crippen LogP) is 2.47. The average molecular weight is 219 g/mol. The maximum atomic E-state index is 5.59. The molecular formula is C14H21NO. The van der Waals surface area contributed by atoms with Crippen LogP contribution in [0.2, 0.25) is 0 Å². The third-order valence-electron chi connectivity index (χ3n) is 3.42. The van der Waals surface area contributed by atoms with Gasteiger partial charge in [-0.25, -0.2) is 0 Å². The molecule has 0 unspecified atom stereocenters. The van der Waals surface area contributed by atoms with E-state index in [-0.39, 0.29) is 0 Å². The van der Waals surface area contributed by atoms with Gasteiger partial charge in [-0.2, -0.15) is 0 Å². The molecule has 0 spiro atoms. The summed E-state index contributed by atoms with van der Waals surface area (Å²) in [5.41, 5.74) is 9.82. The van der Waals surface area contributed by atoms with Crippen molar-refractivity contribution >= 4 is 0 Å². The van der Waals surface area contributed by atoms with Gasteiger partial charge in [0, 0.05) is 0 Å².